The molecule has 0 fully saturated rings. The number of aromatic nitrogens is 1. The lowest BCUT2D eigenvalue weighted by molar-refractivity contribution is 0.199. The largest absolute Gasteiger partial charge is 0.383 e. The van der Waals surface area contributed by atoms with Gasteiger partial charge in [0.15, 0.2) is 5.13 Å². The van der Waals surface area contributed by atoms with Gasteiger partial charge < -0.3 is 15.0 Å². The molecule has 20 heavy (non-hydrogen) atoms. The lowest BCUT2D eigenvalue weighted by Crippen LogP contribution is -2.30. The van der Waals surface area contributed by atoms with Crippen LogP contribution < -0.4 is 10.2 Å². The van der Waals surface area contributed by atoms with Gasteiger partial charge in [-0.25, -0.2) is 4.98 Å². The third-order valence-electron chi connectivity index (χ3n) is 3.24. The predicted molar refractivity (Wildman–Crippen MR) is 91.3 cm³/mol. The standard InChI is InChI=1S/C14H27N3OS2/c1-6-12-13(9-15-7-8-18-4)20-14(16-12)17(3)11(2)10-19-5/h11,15H,6-10H2,1-5H3. The zero-order valence-electron chi connectivity index (χ0n) is 13.2. The fraction of sp³-hybridized carbons (Fsp3) is 0.786. The molecule has 0 spiro atoms. The highest BCUT2D eigenvalue weighted by Gasteiger charge is 2.16. The van der Waals surface area contributed by atoms with Crippen LogP contribution in [0.3, 0.4) is 0 Å². The summed E-state index contributed by atoms with van der Waals surface area (Å²) in [5.41, 5.74) is 1.22. The van der Waals surface area contributed by atoms with E-state index in [9.17, 15) is 0 Å². The minimum atomic E-state index is 0.509. The van der Waals surface area contributed by atoms with Gasteiger partial charge in [0.25, 0.3) is 0 Å². The van der Waals surface area contributed by atoms with Gasteiger partial charge >= 0.3 is 0 Å². The van der Waals surface area contributed by atoms with Crippen molar-refractivity contribution in [1.29, 1.82) is 0 Å². The van der Waals surface area contributed by atoms with E-state index in [-0.39, 0.29) is 0 Å². The van der Waals surface area contributed by atoms with Crippen LogP contribution in [0.2, 0.25) is 0 Å². The van der Waals surface area contributed by atoms with E-state index in [0.29, 0.717) is 6.04 Å². The highest BCUT2D eigenvalue weighted by molar-refractivity contribution is 7.98. The molecule has 1 aromatic rings. The monoisotopic (exact) mass is 317 g/mol. The first-order valence-corrected chi connectivity index (χ1v) is 9.25. The van der Waals surface area contributed by atoms with Crippen molar-refractivity contribution in [2.45, 2.75) is 32.9 Å². The second-order valence-electron chi connectivity index (χ2n) is 4.80. The Hall–Kier alpha value is -0.300. The molecule has 1 atom stereocenters. The van der Waals surface area contributed by atoms with Crippen LogP contribution in [-0.2, 0) is 17.7 Å². The molecule has 0 aromatic carbocycles. The van der Waals surface area contributed by atoms with Crippen LogP contribution in [0, 0.1) is 0 Å². The van der Waals surface area contributed by atoms with Crippen LogP contribution in [0.25, 0.3) is 0 Å². The Balaban J connectivity index is 2.67. The average molecular weight is 318 g/mol. The van der Waals surface area contributed by atoms with E-state index in [4.69, 9.17) is 9.72 Å². The first-order valence-electron chi connectivity index (χ1n) is 7.04. The molecule has 1 unspecified atom stereocenters. The molecule has 4 nitrogen and oxygen atoms in total. The number of ether oxygens (including phenoxy) is 1. The normalized spacial score (nSPS) is 12.7. The third-order valence-corrected chi connectivity index (χ3v) is 5.25. The van der Waals surface area contributed by atoms with Crippen molar-refractivity contribution in [3.63, 3.8) is 0 Å². The second-order valence-corrected chi connectivity index (χ2v) is 6.78. The maximum Gasteiger partial charge on any atom is 0.185 e. The molecule has 0 saturated heterocycles. The fourth-order valence-electron chi connectivity index (χ4n) is 1.85. The molecule has 6 heteroatoms. The number of nitrogens with one attached hydrogen (secondary N) is 1. The van der Waals surface area contributed by atoms with Gasteiger partial charge in [-0.05, 0) is 19.6 Å². The highest BCUT2D eigenvalue weighted by Crippen LogP contribution is 2.27. The molecule has 0 aliphatic rings. The summed E-state index contributed by atoms with van der Waals surface area (Å²) < 4.78 is 5.05. The summed E-state index contributed by atoms with van der Waals surface area (Å²) in [7, 11) is 3.87. The number of methoxy groups -OCH3 is 1. The second kappa shape index (κ2) is 9.60. The van der Waals surface area contributed by atoms with E-state index >= 15 is 0 Å². The van der Waals surface area contributed by atoms with Crippen molar-refractivity contribution < 1.29 is 4.74 Å². The summed E-state index contributed by atoms with van der Waals surface area (Å²) in [6, 6.07) is 0.509. The molecule has 0 bridgehead atoms. The first-order chi connectivity index (χ1) is 9.63. The van der Waals surface area contributed by atoms with Crippen molar-refractivity contribution in [3.05, 3.63) is 10.6 Å². The maximum atomic E-state index is 5.05. The van der Waals surface area contributed by atoms with Gasteiger partial charge in [0, 0.05) is 43.9 Å². The molecule has 1 heterocycles. The van der Waals surface area contributed by atoms with E-state index < -0.39 is 0 Å². The van der Waals surface area contributed by atoms with Crippen molar-refractivity contribution >= 4 is 28.2 Å². The van der Waals surface area contributed by atoms with E-state index in [1.807, 2.05) is 11.8 Å². The summed E-state index contributed by atoms with van der Waals surface area (Å²) >= 11 is 3.68. The van der Waals surface area contributed by atoms with Crippen LogP contribution >= 0.6 is 23.1 Å². The zero-order chi connectivity index (χ0) is 15.0. The Morgan fingerprint density at radius 2 is 2.25 bits per heavy atom. The number of rotatable bonds is 10. The molecule has 0 aliphatic heterocycles. The Morgan fingerprint density at radius 1 is 1.50 bits per heavy atom. The fourth-order valence-corrected chi connectivity index (χ4v) is 3.74. The van der Waals surface area contributed by atoms with Gasteiger partial charge in [0.1, 0.15) is 0 Å². The first kappa shape index (κ1) is 17.8. The molecular weight excluding hydrogens is 290 g/mol. The summed E-state index contributed by atoms with van der Waals surface area (Å²) in [5.74, 6) is 1.12. The maximum absolute atomic E-state index is 5.05. The summed E-state index contributed by atoms with van der Waals surface area (Å²) in [5, 5.41) is 4.54. The van der Waals surface area contributed by atoms with Gasteiger partial charge in [0.2, 0.25) is 0 Å². The van der Waals surface area contributed by atoms with Gasteiger partial charge in [-0.15, -0.1) is 11.3 Å². The van der Waals surface area contributed by atoms with E-state index in [1.54, 1.807) is 18.4 Å². The van der Waals surface area contributed by atoms with E-state index in [1.165, 1.54) is 10.6 Å². The van der Waals surface area contributed by atoms with E-state index in [2.05, 4.69) is 37.4 Å². The molecule has 0 saturated carbocycles. The Morgan fingerprint density at radius 3 is 2.85 bits per heavy atom. The summed E-state index contributed by atoms with van der Waals surface area (Å²) in [4.78, 5) is 8.43. The number of anilines is 1. The number of hydrogen-bond donors (Lipinski definition) is 1. The molecule has 116 valence electrons. The zero-order valence-corrected chi connectivity index (χ0v) is 14.9. The average Bonchev–Trinajstić information content (AvgIpc) is 2.86. The minimum absolute atomic E-state index is 0.509. The van der Waals surface area contributed by atoms with Crippen LogP contribution in [-0.4, -0.2) is 50.3 Å². The third kappa shape index (κ3) is 5.24. The number of thioether (sulfide) groups is 1. The molecular formula is C14H27N3OS2. The quantitative estimate of drug-likeness (QED) is 0.672. The van der Waals surface area contributed by atoms with Gasteiger partial charge in [-0.1, -0.05) is 6.92 Å². The SMILES string of the molecule is CCc1nc(N(C)C(C)CSC)sc1CNCCOC. The van der Waals surface area contributed by atoms with Crippen LogP contribution in [0.5, 0.6) is 0 Å². The smallest absolute Gasteiger partial charge is 0.185 e. The Labute approximate surface area is 131 Å². The molecule has 0 amide bonds. The topological polar surface area (TPSA) is 37.4 Å². The van der Waals surface area contributed by atoms with Crippen LogP contribution in [0.15, 0.2) is 0 Å². The highest BCUT2D eigenvalue weighted by atomic mass is 32.2. The molecule has 0 aliphatic carbocycles. The number of thiazole rings is 1. The Kier molecular flexibility index (Phi) is 8.52. The molecule has 1 aromatic heterocycles. The van der Waals surface area contributed by atoms with Gasteiger partial charge in [-0.2, -0.15) is 11.8 Å². The van der Waals surface area contributed by atoms with E-state index in [0.717, 1.165) is 37.0 Å². The predicted octanol–water partition coefficient (Wildman–Crippen LogP) is 2.63. The van der Waals surface area contributed by atoms with Crippen molar-refractivity contribution in [1.82, 2.24) is 10.3 Å². The van der Waals surface area contributed by atoms with Gasteiger partial charge in [-0.3, -0.25) is 0 Å². The molecule has 1 N–H and O–H groups in total. The minimum Gasteiger partial charge on any atom is -0.383 e. The number of hydrogen-bond acceptors (Lipinski definition) is 6. The van der Waals surface area contributed by atoms with Gasteiger partial charge in [0.05, 0.1) is 12.3 Å². The number of nitrogens with zero attached hydrogens (tertiary/aromatic N) is 2. The lowest BCUT2D eigenvalue weighted by atomic mass is 10.3. The lowest BCUT2D eigenvalue weighted by Gasteiger charge is -2.23. The summed E-state index contributed by atoms with van der Waals surface area (Å²) in [6.45, 7) is 6.93. The Bertz CT molecular complexity index is 384. The van der Waals surface area contributed by atoms with Crippen molar-refractivity contribution in [3.8, 4) is 0 Å². The molecule has 1 rings (SSSR count). The molecule has 0 radical (unpaired) electrons. The summed E-state index contributed by atoms with van der Waals surface area (Å²) in [6.07, 6.45) is 3.14. The van der Waals surface area contributed by atoms with Crippen LogP contribution in [0.4, 0.5) is 5.13 Å². The number of aryl methyl sites for hydroxylation is 1. The van der Waals surface area contributed by atoms with Crippen molar-refractivity contribution in [2.24, 2.45) is 0 Å². The van der Waals surface area contributed by atoms with Crippen LogP contribution in [0.1, 0.15) is 24.4 Å². The van der Waals surface area contributed by atoms with Crippen molar-refractivity contribution in [2.75, 3.05) is 44.2 Å².